The highest BCUT2D eigenvalue weighted by Gasteiger charge is 2.73. The standard InChI is InChI=1S/C25H25N5O3S/c1-23(2)24(3)9-10-25(23,19-18(24)28-14(11-26)15(12-27)29-19)22(32)30-20-17(21(31)33-4)13-7-5-6-8-16(13)34-20/h5-10H2,1-4H3,(H,30,32). The molecule has 2 unspecified atom stereocenters. The Hall–Kier alpha value is -3.30. The zero-order chi connectivity index (χ0) is 24.5. The minimum absolute atomic E-state index is 0.0136. The number of carbonyl (C=O) groups is 2. The fourth-order valence-electron chi connectivity index (χ4n) is 6.32. The number of nitrogens with zero attached hydrogens (tertiary/aromatic N) is 4. The Labute approximate surface area is 202 Å². The van der Waals surface area contributed by atoms with Crippen LogP contribution in [-0.4, -0.2) is 29.0 Å². The molecule has 3 aliphatic rings. The van der Waals surface area contributed by atoms with E-state index in [1.807, 2.05) is 26.0 Å². The summed E-state index contributed by atoms with van der Waals surface area (Å²) in [5, 5.41) is 22.7. The first-order chi connectivity index (χ1) is 16.2. The maximum atomic E-state index is 14.2. The number of nitriles is 2. The van der Waals surface area contributed by atoms with E-state index in [0.29, 0.717) is 34.8 Å². The molecule has 0 radical (unpaired) electrons. The number of aromatic nitrogens is 2. The Kier molecular flexibility index (Phi) is 4.86. The number of carbonyl (C=O) groups excluding carboxylic acids is 2. The highest BCUT2D eigenvalue weighted by Crippen LogP contribution is 2.70. The predicted molar refractivity (Wildman–Crippen MR) is 124 cm³/mol. The van der Waals surface area contributed by atoms with E-state index in [1.165, 1.54) is 18.4 Å². The Balaban J connectivity index is 1.66. The van der Waals surface area contributed by atoms with E-state index in [9.17, 15) is 20.1 Å². The van der Waals surface area contributed by atoms with Crippen molar-refractivity contribution in [3.63, 3.8) is 0 Å². The van der Waals surface area contributed by atoms with Crippen molar-refractivity contribution in [3.8, 4) is 12.1 Å². The number of ether oxygens (including phenoxy) is 1. The Morgan fingerprint density at radius 2 is 1.68 bits per heavy atom. The number of thiophene rings is 1. The Morgan fingerprint density at radius 1 is 1.03 bits per heavy atom. The molecule has 0 saturated heterocycles. The van der Waals surface area contributed by atoms with Gasteiger partial charge in [0.25, 0.3) is 0 Å². The quantitative estimate of drug-likeness (QED) is 0.666. The van der Waals surface area contributed by atoms with Gasteiger partial charge in [0.2, 0.25) is 5.91 Å². The van der Waals surface area contributed by atoms with Crippen LogP contribution in [0.2, 0.25) is 0 Å². The summed E-state index contributed by atoms with van der Waals surface area (Å²) in [4.78, 5) is 37.1. The molecule has 34 heavy (non-hydrogen) atoms. The second-order valence-electron chi connectivity index (χ2n) is 10.1. The molecule has 2 aromatic rings. The van der Waals surface area contributed by atoms with E-state index < -0.39 is 22.2 Å². The summed E-state index contributed by atoms with van der Waals surface area (Å²) < 4.78 is 5.06. The number of hydrogen-bond donors (Lipinski definition) is 1. The minimum Gasteiger partial charge on any atom is -0.465 e. The van der Waals surface area contributed by atoms with Gasteiger partial charge in [-0.05, 0) is 49.5 Å². The second-order valence-corrected chi connectivity index (χ2v) is 11.2. The third kappa shape index (κ3) is 2.56. The first kappa shape index (κ1) is 22.5. The molecule has 1 fully saturated rings. The van der Waals surface area contributed by atoms with Crippen molar-refractivity contribution in [3.05, 3.63) is 38.8 Å². The van der Waals surface area contributed by atoms with Gasteiger partial charge in [-0.3, -0.25) is 4.79 Å². The number of hydrogen-bond acceptors (Lipinski definition) is 8. The lowest BCUT2D eigenvalue weighted by Gasteiger charge is -2.39. The number of aryl methyl sites for hydroxylation is 1. The minimum atomic E-state index is -1.04. The topological polar surface area (TPSA) is 129 Å². The summed E-state index contributed by atoms with van der Waals surface area (Å²) in [7, 11) is 1.35. The van der Waals surface area contributed by atoms with Crippen molar-refractivity contribution in [2.24, 2.45) is 5.41 Å². The van der Waals surface area contributed by atoms with Crippen molar-refractivity contribution < 1.29 is 14.3 Å². The summed E-state index contributed by atoms with van der Waals surface area (Å²) in [5.41, 5.74) is 0.343. The molecule has 2 bridgehead atoms. The van der Waals surface area contributed by atoms with Crippen molar-refractivity contribution in [2.75, 3.05) is 12.4 Å². The van der Waals surface area contributed by atoms with Gasteiger partial charge in [0.15, 0.2) is 11.4 Å². The fourth-order valence-corrected chi connectivity index (χ4v) is 7.59. The van der Waals surface area contributed by atoms with Crippen LogP contribution in [-0.2, 0) is 33.2 Å². The number of anilines is 1. The molecule has 3 aliphatic carbocycles. The number of methoxy groups -OCH3 is 1. The molecule has 0 aliphatic heterocycles. The van der Waals surface area contributed by atoms with E-state index in [-0.39, 0.29) is 17.3 Å². The van der Waals surface area contributed by atoms with Crippen LogP contribution in [0, 0.1) is 28.1 Å². The average Bonchev–Trinajstić information content (AvgIpc) is 3.35. The highest BCUT2D eigenvalue weighted by molar-refractivity contribution is 7.17. The van der Waals surface area contributed by atoms with Crippen LogP contribution < -0.4 is 5.32 Å². The summed E-state index contributed by atoms with van der Waals surface area (Å²) in [6.07, 6.45) is 4.97. The monoisotopic (exact) mass is 475 g/mol. The molecular weight excluding hydrogens is 450 g/mol. The largest absolute Gasteiger partial charge is 0.465 e. The van der Waals surface area contributed by atoms with Crippen LogP contribution in [0.5, 0.6) is 0 Å². The summed E-state index contributed by atoms with van der Waals surface area (Å²) in [6.45, 7) is 6.11. The van der Waals surface area contributed by atoms with E-state index >= 15 is 0 Å². The molecule has 1 amide bonds. The van der Waals surface area contributed by atoms with Gasteiger partial charge in [0, 0.05) is 10.3 Å². The molecule has 2 atom stereocenters. The zero-order valence-corrected chi connectivity index (χ0v) is 20.5. The number of amides is 1. The number of fused-ring (bicyclic) bond motifs is 6. The van der Waals surface area contributed by atoms with Crippen molar-refractivity contribution in [2.45, 2.75) is 70.1 Å². The molecule has 1 saturated carbocycles. The van der Waals surface area contributed by atoms with Crippen LogP contribution in [0.4, 0.5) is 5.00 Å². The highest BCUT2D eigenvalue weighted by atomic mass is 32.1. The number of esters is 1. The van der Waals surface area contributed by atoms with Crippen LogP contribution >= 0.6 is 11.3 Å². The molecule has 2 heterocycles. The van der Waals surface area contributed by atoms with Gasteiger partial charge < -0.3 is 10.1 Å². The normalized spacial score (nSPS) is 25.6. The third-order valence-electron chi connectivity index (χ3n) is 8.66. The van der Waals surface area contributed by atoms with Gasteiger partial charge in [0.05, 0.1) is 29.5 Å². The first-order valence-corrected chi connectivity index (χ1v) is 12.3. The predicted octanol–water partition coefficient (Wildman–Crippen LogP) is 3.91. The Bertz CT molecular complexity index is 1350. The third-order valence-corrected chi connectivity index (χ3v) is 9.86. The smallest absolute Gasteiger partial charge is 0.341 e. The fraction of sp³-hybridized carbons (Fsp3) is 0.520. The van der Waals surface area contributed by atoms with E-state index in [4.69, 9.17) is 4.74 Å². The maximum Gasteiger partial charge on any atom is 0.341 e. The molecular formula is C25H25N5O3S. The Morgan fingerprint density at radius 3 is 2.32 bits per heavy atom. The molecule has 5 rings (SSSR count). The van der Waals surface area contributed by atoms with Gasteiger partial charge in [-0.15, -0.1) is 11.3 Å². The van der Waals surface area contributed by atoms with Gasteiger partial charge >= 0.3 is 5.97 Å². The molecule has 8 nitrogen and oxygen atoms in total. The molecule has 9 heteroatoms. The van der Waals surface area contributed by atoms with E-state index in [2.05, 4.69) is 22.2 Å². The van der Waals surface area contributed by atoms with E-state index in [1.54, 1.807) is 0 Å². The molecule has 0 aromatic carbocycles. The maximum absolute atomic E-state index is 14.2. The lowest BCUT2D eigenvalue weighted by molar-refractivity contribution is -0.125. The summed E-state index contributed by atoms with van der Waals surface area (Å²) in [5.74, 6) is -0.702. The lowest BCUT2D eigenvalue weighted by atomic mass is 9.63. The van der Waals surface area contributed by atoms with Crippen LogP contribution in [0.3, 0.4) is 0 Å². The van der Waals surface area contributed by atoms with Crippen molar-refractivity contribution in [1.82, 2.24) is 9.97 Å². The summed E-state index contributed by atoms with van der Waals surface area (Å²) >= 11 is 1.45. The van der Waals surface area contributed by atoms with Gasteiger partial charge in [-0.25, -0.2) is 14.8 Å². The van der Waals surface area contributed by atoms with Crippen LogP contribution in [0.1, 0.15) is 90.0 Å². The van der Waals surface area contributed by atoms with Gasteiger partial charge in [-0.1, -0.05) is 20.8 Å². The molecule has 2 aromatic heterocycles. The van der Waals surface area contributed by atoms with Crippen LogP contribution in [0.25, 0.3) is 0 Å². The molecule has 0 spiro atoms. The number of rotatable bonds is 3. The zero-order valence-electron chi connectivity index (χ0n) is 19.7. The average molecular weight is 476 g/mol. The number of nitrogens with one attached hydrogen (secondary N) is 1. The van der Waals surface area contributed by atoms with Gasteiger partial charge in [-0.2, -0.15) is 10.5 Å². The van der Waals surface area contributed by atoms with E-state index in [0.717, 1.165) is 36.1 Å². The van der Waals surface area contributed by atoms with Crippen molar-refractivity contribution >= 4 is 28.2 Å². The van der Waals surface area contributed by atoms with Gasteiger partial charge in [0.1, 0.15) is 17.1 Å². The molecule has 1 N–H and O–H groups in total. The van der Waals surface area contributed by atoms with Crippen LogP contribution in [0.15, 0.2) is 0 Å². The first-order valence-electron chi connectivity index (χ1n) is 11.4. The molecule has 174 valence electrons. The lowest BCUT2D eigenvalue weighted by Crippen LogP contribution is -2.48. The SMILES string of the molecule is COC(=O)c1c(NC(=O)C23CCC(C)(c4nc(C#N)c(C#N)nc42)C3(C)C)sc2c1CCCC2. The second kappa shape index (κ2) is 7.35. The summed E-state index contributed by atoms with van der Waals surface area (Å²) in [6, 6.07) is 3.93. The van der Waals surface area contributed by atoms with Crippen molar-refractivity contribution in [1.29, 1.82) is 10.5 Å².